The molecule has 3 aromatic rings. The number of hydrogen-bond acceptors (Lipinski definition) is 3. The first kappa shape index (κ1) is 27.4. The van der Waals surface area contributed by atoms with E-state index < -0.39 is 0 Å². The van der Waals surface area contributed by atoms with Crippen molar-refractivity contribution in [3.05, 3.63) is 85.9 Å². The number of hydrogen-bond donors (Lipinski definition) is 1. The summed E-state index contributed by atoms with van der Waals surface area (Å²) in [6.07, 6.45) is 3.32. The van der Waals surface area contributed by atoms with Crippen LogP contribution in [-0.4, -0.2) is 17.5 Å². The molecule has 0 fully saturated rings. The Kier molecular flexibility index (Phi) is 10.5. The van der Waals surface area contributed by atoms with Crippen LogP contribution >= 0.6 is 31.9 Å². The Balaban J connectivity index is 0.00000122. The van der Waals surface area contributed by atoms with Crippen molar-refractivity contribution in [2.24, 2.45) is 9.98 Å². The molecule has 0 aliphatic carbocycles. The molecule has 0 heterocycles. The summed E-state index contributed by atoms with van der Waals surface area (Å²) in [5, 5.41) is 11.3. The van der Waals surface area contributed by atoms with Gasteiger partial charge in [0.25, 0.3) is 0 Å². The first-order chi connectivity index (χ1) is 15.6. The molecule has 33 heavy (non-hydrogen) atoms. The summed E-state index contributed by atoms with van der Waals surface area (Å²) in [7, 11) is 9.47. The van der Waals surface area contributed by atoms with Gasteiger partial charge in [-0.15, -0.1) is 0 Å². The summed E-state index contributed by atoms with van der Waals surface area (Å²) in [4.78, 5) is 9.26. The van der Waals surface area contributed by atoms with E-state index in [1.54, 1.807) is 24.6 Å². The normalized spacial score (nSPS) is 11.3. The third-order valence-corrected chi connectivity index (χ3v) is 5.29. The Labute approximate surface area is 216 Å². The van der Waals surface area contributed by atoms with Gasteiger partial charge < -0.3 is 5.11 Å². The number of nitrogens with zero attached hydrogens (tertiary/aromatic N) is 2. The molecule has 3 aromatic carbocycles. The third-order valence-electron chi connectivity index (χ3n) is 5.07. The van der Waals surface area contributed by atoms with Crippen molar-refractivity contribution >= 4 is 55.7 Å². The van der Waals surface area contributed by atoms with Crippen LogP contribution in [0.5, 0.6) is 5.75 Å². The van der Waals surface area contributed by atoms with Crippen molar-refractivity contribution in [2.75, 3.05) is 0 Å². The molecule has 1 N–H and O–H groups in total. The van der Waals surface area contributed by atoms with Crippen LogP contribution < -0.4 is 0 Å². The fourth-order valence-corrected chi connectivity index (χ4v) is 4.09. The molecule has 0 saturated heterocycles. The molecule has 0 spiro atoms. The Bertz CT molecular complexity index is 1070. The first-order valence-electron chi connectivity index (χ1n) is 10.2. The summed E-state index contributed by atoms with van der Waals surface area (Å²) in [6, 6.07) is 11.8. The minimum absolute atomic E-state index is 0.108. The van der Waals surface area contributed by atoms with E-state index in [0.29, 0.717) is 29.0 Å². The number of aromatic hydroxyl groups is 1. The number of aliphatic imine (C=N–C) groups is 2. The second-order valence-corrected chi connectivity index (χ2v) is 10.1. The summed E-state index contributed by atoms with van der Waals surface area (Å²) in [6.45, 7) is 12.3. The van der Waals surface area contributed by atoms with Gasteiger partial charge in [-0.25, -0.2) is 0 Å². The van der Waals surface area contributed by atoms with Gasteiger partial charge in [-0.3, -0.25) is 9.98 Å². The van der Waals surface area contributed by atoms with E-state index in [-0.39, 0.29) is 5.75 Å². The van der Waals surface area contributed by atoms with Gasteiger partial charge in [0.2, 0.25) is 0 Å². The Morgan fingerprint density at radius 3 is 1.27 bits per heavy atom. The zero-order chi connectivity index (χ0) is 24.7. The Morgan fingerprint density at radius 1 is 0.667 bits per heavy atom. The van der Waals surface area contributed by atoms with E-state index in [1.165, 1.54) is 11.1 Å². The molecular formula is C26H27Cl3CoN2O. The van der Waals surface area contributed by atoms with Gasteiger partial charge >= 0.3 is 33.2 Å². The molecular weight excluding hydrogens is 522 g/mol. The Hall–Kier alpha value is -1.82. The number of phenols is 1. The quantitative estimate of drug-likeness (QED) is 0.325. The third kappa shape index (κ3) is 7.59. The molecule has 0 bridgehead atoms. The molecule has 0 atom stereocenters. The van der Waals surface area contributed by atoms with Gasteiger partial charge in [0.05, 0.1) is 11.4 Å². The Morgan fingerprint density at radius 2 is 0.970 bits per heavy atom. The summed E-state index contributed by atoms with van der Waals surface area (Å²) >= 11 is 6.70. The first-order valence-corrected chi connectivity index (χ1v) is 13.4. The van der Waals surface area contributed by atoms with Gasteiger partial charge in [0.15, 0.2) is 0 Å². The van der Waals surface area contributed by atoms with E-state index in [0.717, 1.165) is 33.6 Å². The van der Waals surface area contributed by atoms with E-state index >= 15 is 0 Å². The molecule has 0 unspecified atom stereocenters. The number of phenolic OH excluding ortho intramolecular Hbond substituents is 1. The zero-order valence-electron chi connectivity index (χ0n) is 19.4. The predicted molar refractivity (Wildman–Crippen MR) is 141 cm³/mol. The van der Waals surface area contributed by atoms with E-state index in [2.05, 4.69) is 48.1 Å². The average Bonchev–Trinajstić information content (AvgIpc) is 2.69. The second-order valence-electron chi connectivity index (χ2n) is 7.99. The molecule has 3 nitrogen and oxygen atoms in total. The molecule has 177 valence electrons. The number of aryl methyl sites for hydroxylation is 6. The predicted octanol–water partition coefficient (Wildman–Crippen LogP) is 8.77. The summed E-state index contributed by atoms with van der Waals surface area (Å²) < 4.78 is 0. The monoisotopic (exact) mass is 547 g/mol. The molecule has 0 aliphatic heterocycles. The van der Waals surface area contributed by atoms with Gasteiger partial charge in [-0.05, 0) is 75.9 Å². The molecule has 0 saturated carbocycles. The van der Waals surface area contributed by atoms with Crippen molar-refractivity contribution in [3.8, 4) is 5.75 Å². The van der Waals surface area contributed by atoms with Crippen LogP contribution in [0.25, 0.3) is 0 Å². The standard InChI is InChI=1S/C26H27ClN2O.2ClH.Co/c1-15-7-17(3)24(18(4)8-15)28-13-21-11-23(27)12-22(26(21)30)14-29-25-19(5)9-16(2)10-20(25)6;;;/h7-14,30H,1-6H3;2*1H;/q;;;+2/p-2. The van der Waals surface area contributed by atoms with Crippen LogP contribution in [0.2, 0.25) is 5.02 Å². The van der Waals surface area contributed by atoms with E-state index in [1.807, 2.05) is 27.7 Å². The summed E-state index contributed by atoms with van der Waals surface area (Å²) in [5.74, 6) is 0.108. The molecule has 0 radical (unpaired) electrons. The maximum absolute atomic E-state index is 10.8. The topological polar surface area (TPSA) is 45.0 Å². The van der Waals surface area contributed by atoms with Crippen molar-refractivity contribution < 1.29 is 18.0 Å². The van der Waals surface area contributed by atoms with Gasteiger partial charge in [-0.2, -0.15) is 0 Å². The van der Waals surface area contributed by atoms with Crippen LogP contribution in [0, 0.1) is 41.5 Å². The molecule has 0 amide bonds. The maximum atomic E-state index is 10.8. The van der Waals surface area contributed by atoms with Crippen molar-refractivity contribution in [1.29, 1.82) is 0 Å². The van der Waals surface area contributed by atoms with Gasteiger partial charge in [0.1, 0.15) is 5.75 Å². The van der Waals surface area contributed by atoms with Crippen molar-refractivity contribution in [3.63, 3.8) is 0 Å². The fourth-order valence-electron chi connectivity index (χ4n) is 3.86. The molecule has 0 aromatic heterocycles. The molecule has 7 heteroatoms. The van der Waals surface area contributed by atoms with Crippen LogP contribution in [-0.2, 0) is 12.9 Å². The van der Waals surface area contributed by atoms with Gasteiger partial charge in [-0.1, -0.05) is 47.0 Å². The summed E-state index contributed by atoms with van der Waals surface area (Å²) in [5.41, 5.74) is 9.71. The van der Waals surface area contributed by atoms with Crippen molar-refractivity contribution in [1.82, 2.24) is 0 Å². The van der Waals surface area contributed by atoms with Crippen LogP contribution in [0.1, 0.15) is 44.5 Å². The average molecular weight is 549 g/mol. The minimum atomic E-state index is 0.108. The molecule has 0 aliphatic rings. The van der Waals surface area contributed by atoms with Crippen LogP contribution in [0.3, 0.4) is 0 Å². The number of halogens is 3. The number of benzene rings is 3. The van der Waals surface area contributed by atoms with Crippen molar-refractivity contribution in [2.45, 2.75) is 41.5 Å². The fraction of sp³-hybridized carbons (Fsp3) is 0.231. The van der Waals surface area contributed by atoms with Gasteiger partial charge in [0, 0.05) is 28.6 Å². The van der Waals surface area contributed by atoms with Crippen LogP contribution in [0.15, 0.2) is 46.4 Å². The number of rotatable bonds is 4. The zero-order valence-corrected chi connectivity index (χ0v) is 22.7. The SMILES string of the molecule is Cc1cc(C)c(N=Cc2cc(Cl)cc(C=Nc3c(C)cc(C)cc3C)c2O)c(C)c1.[Cl][Co][Cl]. The van der Waals surface area contributed by atoms with E-state index in [9.17, 15) is 5.11 Å². The van der Waals surface area contributed by atoms with Crippen LogP contribution in [0.4, 0.5) is 11.4 Å². The van der Waals surface area contributed by atoms with E-state index in [4.69, 9.17) is 31.9 Å². The molecule has 3 rings (SSSR count). The second kappa shape index (κ2) is 12.6.